The summed E-state index contributed by atoms with van der Waals surface area (Å²) in [5, 5.41) is 9.59. The summed E-state index contributed by atoms with van der Waals surface area (Å²) >= 11 is 0. The van der Waals surface area contributed by atoms with Gasteiger partial charge >= 0.3 is 5.97 Å². The van der Waals surface area contributed by atoms with Crippen molar-refractivity contribution in [3.8, 4) is 5.75 Å². The number of aliphatic carboxylic acids is 1. The molecule has 3 atom stereocenters. The van der Waals surface area contributed by atoms with Crippen molar-refractivity contribution in [3.05, 3.63) is 66.2 Å². The average Bonchev–Trinajstić information content (AvgIpc) is 3.14. The van der Waals surface area contributed by atoms with Crippen LogP contribution in [0.25, 0.3) is 0 Å². The van der Waals surface area contributed by atoms with Gasteiger partial charge in [-0.3, -0.25) is 9.59 Å². The predicted octanol–water partition coefficient (Wildman–Crippen LogP) is 3.42. The maximum atomic E-state index is 12.8. The number of rotatable bonds is 7. The molecule has 2 aromatic rings. The standard InChI is InChI=1S/C22H25NO4/c1-16(12-13-27-18-10-6-3-7-11-18)21(24)23-14-19(20(15-23)22(25)26)17-8-4-2-5-9-17/h2-11,16,19-20H,12-15H2,1H3,(H,25,26). The maximum Gasteiger partial charge on any atom is 0.308 e. The molecule has 27 heavy (non-hydrogen) atoms. The Morgan fingerprint density at radius 2 is 1.70 bits per heavy atom. The number of para-hydroxylation sites is 1. The summed E-state index contributed by atoms with van der Waals surface area (Å²) < 4.78 is 5.67. The molecule has 1 heterocycles. The minimum absolute atomic E-state index is 0.00339. The summed E-state index contributed by atoms with van der Waals surface area (Å²) in [6.45, 7) is 3.04. The Labute approximate surface area is 159 Å². The number of carboxylic acids is 1. The molecule has 5 heteroatoms. The van der Waals surface area contributed by atoms with Crippen LogP contribution in [-0.4, -0.2) is 41.6 Å². The molecule has 1 aliphatic heterocycles. The fraction of sp³-hybridized carbons (Fsp3) is 0.364. The van der Waals surface area contributed by atoms with Gasteiger partial charge in [-0.25, -0.2) is 0 Å². The second-order valence-corrected chi connectivity index (χ2v) is 7.06. The van der Waals surface area contributed by atoms with Gasteiger partial charge in [-0.1, -0.05) is 55.5 Å². The summed E-state index contributed by atoms with van der Waals surface area (Å²) in [5.74, 6) is -1.01. The van der Waals surface area contributed by atoms with Gasteiger partial charge in [0, 0.05) is 24.9 Å². The van der Waals surface area contributed by atoms with Gasteiger partial charge in [0.05, 0.1) is 12.5 Å². The van der Waals surface area contributed by atoms with E-state index in [4.69, 9.17) is 4.74 Å². The van der Waals surface area contributed by atoms with Crippen molar-refractivity contribution in [2.24, 2.45) is 11.8 Å². The van der Waals surface area contributed by atoms with Crippen molar-refractivity contribution in [1.82, 2.24) is 4.90 Å². The zero-order valence-corrected chi connectivity index (χ0v) is 15.5. The number of likely N-dealkylation sites (tertiary alicyclic amines) is 1. The molecule has 5 nitrogen and oxygen atoms in total. The van der Waals surface area contributed by atoms with E-state index in [-0.39, 0.29) is 24.3 Å². The van der Waals surface area contributed by atoms with Crippen LogP contribution < -0.4 is 4.74 Å². The number of carboxylic acid groups (broad SMARTS) is 1. The van der Waals surface area contributed by atoms with Gasteiger partial charge < -0.3 is 14.7 Å². The summed E-state index contributed by atoms with van der Waals surface area (Å²) in [5.41, 5.74) is 0.972. The van der Waals surface area contributed by atoms with E-state index in [1.54, 1.807) is 4.90 Å². The van der Waals surface area contributed by atoms with E-state index in [9.17, 15) is 14.7 Å². The lowest BCUT2D eigenvalue weighted by molar-refractivity contribution is -0.142. The van der Waals surface area contributed by atoms with Gasteiger partial charge in [-0.05, 0) is 24.1 Å². The maximum absolute atomic E-state index is 12.8. The molecule has 0 saturated carbocycles. The van der Waals surface area contributed by atoms with Crippen molar-refractivity contribution in [1.29, 1.82) is 0 Å². The number of benzene rings is 2. The van der Waals surface area contributed by atoms with Crippen LogP contribution in [0.2, 0.25) is 0 Å². The summed E-state index contributed by atoms with van der Waals surface area (Å²) in [6.07, 6.45) is 0.595. The second-order valence-electron chi connectivity index (χ2n) is 7.06. The van der Waals surface area contributed by atoms with Crippen LogP contribution in [0.15, 0.2) is 60.7 Å². The number of ether oxygens (including phenoxy) is 1. The summed E-state index contributed by atoms with van der Waals surface area (Å²) in [4.78, 5) is 26.2. The average molecular weight is 367 g/mol. The van der Waals surface area contributed by atoms with Gasteiger partial charge in [0.1, 0.15) is 5.75 Å². The van der Waals surface area contributed by atoms with Gasteiger partial charge in [0.2, 0.25) is 5.91 Å². The Bertz CT molecular complexity index is 762. The van der Waals surface area contributed by atoms with Crippen molar-refractivity contribution in [3.63, 3.8) is 0 Å². The molecule has 3 rings (SSSR count). The molecule has 0 spiro atoms. The minimum Gasteiger partial charge on any atom is -0.494 e. The quantitative estimate of drug-likeness (QED) is 0.814. The second kappa shape index (κ2) is 8.71. The molecular weight excluding hydrogens is 342 g/mol. The Kier molecular flexibility index (Phi) is 6.12. The Hall–Kier alpha value is -2.82. The number of hydrogen-bond acceptors (Lipinski definition) is 3. The minimum atomic E-state index is -0.848. The number of nitrogens with zero attached hydrogens (tertiary/aromatic N) is 1. The van der Waals surface area contributed by atoms with E-state index in [0.29, 0.717) is 19.6 Å². The topological polar surface area (TPSA) is 66.8 Å². The first-order valence-corrected chi connectivity index (χ1v) is 9.30. The molecule has 0 aliphatic carbocycles. The van der Waals surface area contributed by atoms with E-state index in [2.05, 4.69) is 0 Å². The Balaban J connectivity index is 1.58. The van der Waals surface area contributed by atoms with Crippen LogP contribution >= 0.6 is 0 Å². The molecule has 1 amide bonds. The van der Waals surface area contributed by atoms with Crippen molar-refractivity contribution in [2.45, 2.75) is 19.3 Å². The van der Waals surface area contributed by atoms with E-state index in [0.717, 1.165) is 11.3 Å². The normalized spacial score (nSPS) is 20.3. The number of carbonyl (C=O) groups excluding carboxylic acids is 1. The Morgan fingerprint density at radius 1 is 1.07 bits per heavy atom. The zero-order valence-electron chi connectivity index (χ0n) is 15.5. The molecule has 0 aromatic heterocycles. The number of amides is 1. The molecule has 2 aromatic carbocycles. The lowest BCUT2D eigenvalue weighted by Gasteiger charge is -2.21. The van der Waals surface area contributed by atoms with Gasteiger partial charge in [0.25, 0.3) is 0 Å². The van der Waals surface area contributed by atoms with E-state index >= 15 is 0 Å². The SMILES string of the molecule is CC(CCOc1ccccc1)C(=O)N1CC(C(=O)O)C(c2ccccc2)C1. The highest BCUT2D eigenvalue weighted by atomic mass is 16.5. The van der Waals surface area contributed by atoms with Crippen LogP contribution in [0.4, 0.5) is 0 Å². The van der Waals surface area contributed by atoms with Crippen molar-refractivity contribution >= 4 is 11.9 Å². The van der Waals surface area contributed by atoms with Crippen LogP contribution in [0.3, 0.4) is 0 Å². The molecule has 1 saturated heterocycles. The first kappa shape index (κ1) is 19.0. The van der Waals surface area contributed by atoms with E-state index in [1.807, 2.05) is 67.6 Å². The lowest BCUT2D eigenvalue weighted by Crippen LogP contribution is -2.34. The predicted molar refractivity (Wildman–Crippen MR) is 103 cm³/mol. The van der Waals surface area contributed by atoms with Crippen LogP contribution in [0, 0.1) is 11.8 Å². The van der Waals surface area contributed by atoms with Crippen molar-refractivity contribution < 1.29 is 19.4 Å². The molecule has 142 valence electrons. The molecular formula is C22H25NO4. The van der Waals surface area contributed by atoms with Gasteiger partial charge in [-0.2, -0.15) is 0 Å². The molecule has 1 fully saturated rings. The highest BCUT2D eigenvalue weighted by molar-refractivity contribution is 5.81. The van der Waals surface area contributed by atoms with Crippen molar-refractivity contribution in [2.75, 3.05) is 19.7 Å². The van der Waals surface area contributed by atoms with Crippen LogP contribution in [-0.2, 0) is 9.59 Å². The monoisotopic (exact) mass is 367 g/mol. The molecule has 3 unspecified atom stereocenters. The number of carbonyl (C=O) groups is 2. The highest BCUT2D eigenvalue weighted by Gasteiger charge is 2.41. The van der Waals surface area contributed by atoms with E-state index < -0.39 is 11.9 Å². The molecule has 1 N–H and O–H groups in total. The van der Waals surface area contributed by atoms with Crippen LogP contribution in [0.1, 0.15) is 24.8 Å². The first-order chi connectivity index (χ1) is 13.1. The zero-order chi connectivity index (χ0) is 19.2. The molecule has 1 aliphatic rings. The summed E-state index contributed by atoms with van der Waals surface area (Å²) in [6, 6.07) is 19.1. The molecule has 0 bridgehead atoms. The van der Waals surface area contributed by atoms with Crippen LogP contribution in [0.5, 0.6) is 5.75 Å². The Morgan fingerprint density at radius 3 is 2.33 bits per heavy atom. The lowest BCUT2D eigenvalue weighted by atomic mass is 9.89. The molecule has 0 radical (unpaired) electrons. The third-order valence-corrected chi connectivity index (χ3v) is 5.16. The largest absolute Gasteiger partial charge is 0.494 e. The van der Waals surface area contributed by atoms with Gasteiger partial charge in [-0.15, -0.1) is 0 Å². The fourth-order valence-electron chi connectivity index (χ4n) is 3.58. The third kappa shape index (κ3) is 4.67. The third-order valence-electron chi connectivity index (χ3n) is 5.16. The highest BCUT2D eigenvalue weighted by Crippen LogP contribution is 2.33. The fourth-order valence-corrected chi connectivity index (χ4v) is 3.58. The van der Waals surface area contributed by atoms with E-state index in [1.165, 1.54) is 0 Å². The summed E-state index contributed by atoms with van der Waals surface area (Å²) in [7, 11) is 0. The van der Waals surface area contributed by atoms with Gasteiger partial charge in [0.15, 0.2) is 0 Å². The number of hydrogen-bond donors (Lipinski definition) is 1. The smallest absolute Gasteiger partial charge is 0.308 e. The first-order valence-electron chi connectivity index (χ1n) is 9.30.